The van der Waals surface area contributed by atoms with Crippen molar-refractivity contribution in [1.29, 1.82) is 0 Å². The molecule has 3 heterocycles. The molecule has 0 spiro atoms. The summed E-state index contributed by atoms with van der Waals surface area (Å²) in [6, 6.07) is 13.8. The topological polar surface area (TPSA) is 87.7 Å². The van der Waals surface area contributed by atoms with E-state index in [-0.39, 0.29) is 18.4 Å². The van der Waals surface area contributed by atoms with Crippen LogP contribution >= 0.6 is 11.6 Å². The molecular weight excluding hydrogens is 466 g/mol. The first-order valence-corrected chi connectivity index (χ1v) is 11.9. The first-order chi connectivity index (χ1) is 17.0. The number of anilines is 1. The van der Waals surface area contributed by atoms with Crippen molar-refractivity contribution in [1.82, 2.24) is 19.8 Å². The number of amides is 2. The molecule has 0 fully saturated rings. The highest BCUT2D eigenvalue weighted by molar-refractivity contribution is 6.33. The fourth-order valence-corrected chi connectivity index (χ4v) is 4.73. The number of rotatable bonds is 7. The lowest BCUT2D eigenvalue weighted by Gasteiger charge is -2.30. The fourth-order valence-electron chi connectivity index (χ4n) is 4.53. The summed E-state index contributed by atoms with van der Waals surface area (Å²) in [6.07, 6.45) is 2.37. The lowest BCUT2D eigenvalue weighted by molar-refractivity contribution is -0.132. The van der Waals surface area contributed by atoms with E-state index in [4.69, 9.17) is 16.3 Å². The van der Waals surface area contributed by atoms with Crippen LogP contribution in [0.2, 0.25) is 5.02 Å². The third kappa shape index (κ3) is 4.85. The van der Waals surface area contributed by atoms with E-state index in [1.807, 2.05) is 29.2 Å². The molecule has 180 valence electrons. The van der Waals surface area contributed by atoms with E-state index in [2.05, 4.69) is 27.4 Å². The largest absolute Gasteiger partial charge is 0.383 e. The summed E-state index contributed by atoms with van der Waals surface area (Å²) in [5.74, 6) is 0.242. The van der Waals surface area contributed by atoms with Gasteiger partial charge >= 0.3 is 0 Å². The van der Waals surface area contributed by atoms with Gasteiger partial charge in [-0.05, 0) is 29.2 Å². The number of carbonyl (C=O) groups is 2. The van der Waals surface area contributed by atoms with Gasteiger partial charge in [0.1, 0.15) is 6.54 Å². The molecule has 1 N–H and O–H groups in total. The number of ether oxygens (including phenoxy) is 1. The Morgan fingerprint density at radius 2 is 1.97 bits per heavy atom. The summed E-state index contributed by atoms with van der Waals surface area (Å²) >= 11 is 6.38. The molecule has 0 saturated carbocycles. The van der Waals surface area contributed by atoms with Crippen molar-refractivity contribution in [3.05, 3.63) is 75.9 Å². The smallest absolute Gasteiger partial charge is 0.254 e. The highest BCUT2D eigenvalue weighted by atomic mass is 35.5. The van der Waals surface area contributed by atoms with Crippen LogP contribution in [-0.2, 0) is 29.0 Å². The van der Waals surface area contributed by atoms with Gasteiger partial charge in [-0.1, -0.05) is 48.0 Å². The second-order valence-corrected chi connectivity index (χ2v) is 9.08. The van der Waals surface area contributed by atoms with Gasteiger partial charge in [0.15, 0.2) is 0 Å². The Morgan fingerprint density at radius 3 is 2.80 bits per heavy atom. The minimum Gasteiger partial charge on any atom is -0.383 e. The third-order valence-electron chi connectivity index (χ3n) is 6.41. The first-order valence-electron chi connectivity index (χ1n) is 11.6. The molecule has 0 atom stereocenters. The molecule has 0 bridgehead atoms. The molecule has 8 nitrogen and oxygen atoms in total. The monoisotopic (exact) mass is 491 g/mol. The average molecular weight is 492 g/mol. The van der Waals surface area contributed by atoms with Crippen molar-refractivity contribution < 1.29 is 14.3 Å². The summed E-state index contributed by atoms with van der Waals surface area (Å²) in [7, 11) is 1.62. The van der Waals surface area contributed by atoms with Crippen LogP contribution in [0.15, 0.2) is 48.7 Å². The van der Waals surface area contributed by atoms with Crippen LogP contribution in [0.4, 0.5) is 5.95 Å². The van der Waals surface area contributed by atoms with Gasteiger partial charge in [0, 0.05) is 44.4 Å². The SMILES string of the molecule is COCCNc1ncc(Cl)c(-c2ccc3c(c2)C(=O)N(CC(=O)N2CCc4ccccc4C2)C3)n1. The molecule has 2 aromatic carbocycles. The lowest BCUT2D eigenvalue weighted by atomic mass is 10.00. The molecule has 1 aromatic heterocycles. The number of hydrogen-bond acceptors (Lipinski definition) is 6. The van der Waals surface area contributed by atoms with Crippen LogP contribution < -0.4 is 5.32 Å². The zero-order chi connectivity index (χ0) is 24.4. The van der Waals surface area contributed by atoms with Crippen LogP contribution in [0.1, 0.15) is 27.0 Å². The molecule has 35 heavy (non-hydrogen) atoms. The minimum atomic E-state index is -0.156. The number of benzene rings is 2. The van der Waals surface area contributed by atoms with Crippen molar-refractivity contribution >= 4 is 29.4 Å². The van der Waals surface area contributed by atoms with Crippen molar-refractivity contribution in [3.63, 3.8) is 0 Å². The summed E-state index contributed by atoms with van der Waals surface area (Å²) < 4.78 is 5.04. The normalized spacial score (nSPS) is 14.6. The van der Waals surface area contributed by atoms with Crippen molar-refractivity contribution in [2.45, 2.75) is 19.5 Å². The lowest BCUT2D eigenvalue weighted by Crippen LogP contribution is -2.42. The average Bonchev–Trinajstić information content (AvgIpc) is 3.19. The van der Waals surface area contributed by atoms with Crippen LogP contribution in [0, 0.1) is 0 Å². The van der Waals surface area contributed by atoms with Gasteiger partial charge in [0.25, 0.3) is 5.91 Å². The van der Waals surface area contributed by atoms with E-state index in [9.17, 15) is 9.59 Å². The summed E-state index contributed by atoms with van der Waals surface area (Å²) in [5.41, 5.74) is 5.18. The maximum Gasteiger partial charge on any atom is 0.254 e. The van der Waals surface area contributed by atoms with Gasteiger partial charge in [-0.2, -0.15) is 0 Å². The van der Waals surface area contributed by atoms with Gasteiger partial charge in [0.2, 0.25) is 11.9 Å². The van der Waals surface area contributed by atoms with Crippen LogP contribution in [-0.4, -0.2) is 64.9 Å². The molecule has 3 aromatic rings. The predicted octanol–water partition coefficient (Wildman–Crippen LogP) is 3.40. The molecule has 2 aliphatic heterocycles. The van der Waals surface area contributed by atoms with E-state index >= 15 is 0 Å². The van der Waals surface area contributed by atoms with Crippen molar-refractivity contribution in [2.75, 3.05) is 38.7 Å². The van der Waals surface area contributed by atoms with Gasteiger partial charge in [0.05, 0.1) is 23.5 Å². The molecule has 0 aliphatic carbocycles. The number of aromatic nitrogens is 2. The van der Waals surface area contributed by atoms with Gasteiger partial charge in [-0.25, -0.2) is 9.97 Å². The zero-order valence-corrected chi connectivity index (χ0v) is 20.2. The molecule has 0 unspecified atom stereocenters. The van der Waals surface area contributed by atoms with E-state index in [0.29, 0.717) is 55.0 Å². The quantitative estimate of drug-likeness (QED) is 0.510. The molecular formula is C26H26ClN5O3. The van der Waals surface area contributed by atoms with Gasteiger partial charge < -0.3 is 19.9 Å². The summed E-state index contributed by atoms with van der Waals surface area (Å²) in [4.78, 5) is 38.4. The maximum absolute atomic E-state index is 13.2. The third-order valence-corrected chi connectivity index (χ3v) is 6.68. The van der Waals surface area contributed by atoms with Crippen LogP contribution in [0.3, 0.4) is 0 Å². The van der Waals surface area contributed by atoms with Gasteiger partial charge in [-0.15, -0.1) is 0 Å². The number of methoxy groups -OCH3 is 1. The first kappa shape index (κ1) is 23.3. The van der Waals surface area contributed by atoms with Crippen LogP contribution in [0.5, 0.6) is 0 Å². The van der Waals surface area contributed by atoms with Gasteiger partial charge in [-0.3, -0.25) is 9.59 Å². The number of hydrogen-bond donors (Lipinski definition) is 1. The number of carbonyl (C=O) groups excluding carboxylic acids is 2. The Hall–Kier alpha value is -3.49. The number of nitrogens with one attached hydrogen (secondary N) is 1. The predicted molar refractivity (Wildman–Crippen MR) is 133 cm³/mol. The molecule has 5 rings (SSSR count). The number of fused-ring (bicyclic) bond motifs is 2. The maximum atomic E-state index is 13.2. The van der Waals surface area contributed by atoms with Crippen LogP contribution in [0.25, 0.3) is 11.3 Å². The Bertz CT molecular complexity index is 1280. The highest BCUT2D eigenvalue weighted by Gasteiger charge is 2.31. The Kier molecular flexibility index (Phi) is 6.66. The Balaban J connectivity index is 1.29. The zero-order valence-electron chi connectivity index (χ0n) is 19.5. The highest BCUT2D eigenvalue weighted by Crippen LogP contribution is 2.31. The minimum absolute atomic E-state index is 0.0356. The molecule has 0 saturated heterocycles. The fraction of sp³-hybridized carbons (Fsp3) is 0.308. The van der Waals surface area contributed by atoms with E-state index < -0.39 is 0 Å². The molecule has 2 aliphatic rings. The standard InChI is InChI=1S/C26H26ClN5O3/c1-35-11-9-28-26-29-13-22(27)24(30-26)18-6-7-20-15-32(25(34)21(20)12-18)16-23(33)31-10-8-17-4-2-3-5-19(17)14-31/h2-7,12-13H,8-11,14-16H2,1H3,(H,28,29,30). The Labute approximate surface area is 208 Å². The number of nitrogens with zero attached hydrogens (tertiary/aromatic N) is 4. The Morgan fingerprint density at radius 1 is 1.14 bits per heavy atom. The number of halogens is 1. The second-order valence-electron chi connectivity index (χ2n) is 8.68. The molecule has 9 heteroatoms. The molecule has 2 amide bonds. The van der Waals surface area contributed by atoms with Crippen molar-refractivity contribution in [2.24, 2.45) is 0 Å². The van der Waals surface area contributed by atoms with E-state index in [0.717, 1.165) is 17.5 Å². The van der Waals surface area contributed by atoms with Crippen molar-refractivity contribution in [3.8, 4) is 11.3 Å². The molecule has 0 radical (unpaired) electrons. The van der Waals surface area contributed by atoms with E-state index in [1.165, 1.54) is 17.3 Å². The second kappa shape index (κ2) is 10.0. The van der Waals surface area contributed by atoms with E-state index in [1.54, 1.807) is 18.1 Å². The summed E-state index contributed by atoms with van der Waals surface area (Å²) in [5, 5.41) is 3.48. The summed E-state index contributed by atoms with van der Waals surface area (Å²) in [6.45, 7) is 2.81.